The quantitative estimate of drug-likeness (QED) is 0.778. The molecule has 1 unspecified atom stereocenters. The monoisotopic (exact) mass is 268 g/mol. The highest BCUT2D eigenvalue weighted by Gasteiger charge is 2.40. The van der Waals surface area contributed by atoms with Gasteiger partial charge in [0.05, 0.1) is 4.90 Å². The molecule has 1 aliphatic rings. The SMILES string of the molecule is CC(=O)NC1C(=O)N(C)S(=O)(=O)c2ccccc21. The van der Waals surface area contributed by atoms with Crippen LogP contribution in [0.4, 0.5) is 0 Å². The highest BCUT2D eigenvalue weighted by molar-refractivity contribution is 7.89. The third-order valence-electron chi connectivity index (χ3n) is 2.77. The fourth-order valence-electron chi connectivity index (χ4n) is 1.88. The third-order valence-corrected chi connectivity index (χ3v) is 4.60. The topological polar surface area (TPSA) is 83.6 Å². The van der Waals surface area contributed by atoms with Crippen LogP contribution in [0.25, 0.3) is 0 Å². The van der Waals surface area contributed by atoms with Gasteiger partial charge >= 0.3 is 0 Å². The molecular formula is C11H12N2O4S. The fraction of sp³-hybridized carbons (Fsp3) is 0.273. The molecule has 1 aliphatic heterocycles. The van der Waals surface area contributed by atoms with Crippen LogP contribution in [0, 0.1) is 0 Å². The van der Waals surface area contributed by atoms with Crippen molar-refractivity contribution >= 4 is 21.8 Å². The molecule has 96 valence electrons. The summed E-state index contributed by atoms with van der Waals surface area (Å²) in [6, 6.07) is 5.19. The van der Waals surface area contributed by atoms with Crippen molar-refractivity contribution in [2.45, 2.75) is 17.9 Å². The molecule has 1 aromatic carbocycles. The number of rotatable bonds is 1. The number of benzene rings is 1. The number of hydrogen-bond acceptors (Lipinski definition) is 4. The molecule has 6 nitrogen and oxygen atoms in total. The first-order valence-corrected chi connectivity index (χ1v) is 6.68. The lowest BCUT2D eigenvalue weighted by Crippen LogP contribution is -2.47. The Bertz CT molecular complexity index is 624. The number of carbonyl (C=O) groups excluding carboxylic acids is 2. The van der Waals surface area contributed by atoms with Gasteiger partial charge in [-0.05, 0) is 6.07 Å². The molecule has 2 rings (SSSR count). The normalized spacial score (nSPS) is 21.3. The van der Waals surface area contributed by atoms with Gasteiger partial charge in [0.2, 0.25) is 5.91 Å². The standard InChI is InChI=1S/C11H12N2O4S/c1-7(14)12-10-8-5-3-4-6-9(8)18(16,17)13(2)11(10)15/h3-6,10H,1-2H3,(H,12,14). The summed E-state index contributed by atoms with van der Waals surface area (Å²) < 4.78 is 24.7. The zero-order chi connectivity index (χ0) is 13.5. The maximum atomic E-state index is 12.0. The molecule has 0 radical (unpaired) electrons. The van der Waals surface area contributed by atoms with Crippen LogP contribution < -0.4 is 5.32 Å². The van der Waals surface area contributed by atoms with Crippen LogP contribution in [0.5, 0.6) is 0 Å². The molecule has 0 spiro atoms. The van der Waals surface area contributed by atoms with Crippen molar-refractivity contribution in [1.29, 1.82) is 0 Å². The minimum atomic E-state index is -3.81. The first-order valence-electron chi connectivity index (χ1n) is 5.24. The molecular weight excluding hydrogens is 256 g/mol. The number of hydrogen-bond donors (Lipinski definition) is 1. The predicted octanol–water partition coefficient (Wildman–Crippen LogP) is 0.0245. The number of nitrogens with one attached hydrogen (secondary N) is 1. The molecule has 2 amide bonds. The van der Waals surface area contributed by atoms with Crippen LogP contribution in [0.1, 0.15) is 18.5 Å². The lowest BCUT2D eigenvalue weighted by Gasteiger charge is -2.31. The van der Waals surface area contributed by atoms with Crippen LogP contribution in [0.2, 0.25) is 0 Å². The number of nitrogens with zero attached hydrogens (tertiary/aromatic N) is 1. The Balaban J connectivity index is 2.65. The van der Waals surface area contributed by atoms with E-state index in [9.17, 15) is 18.0 Å². The van der Waals surface area contributed by atoms with Gasteiger partial charge in [-0.3, -0.25) is 9.59 Å². The first kappa shape index (κ1) is 12.6. The zero-order valence-corrected chi connectivity index (χ0v) is 10.7. The molecule has 0 aliphatic carbocycles. The minimum absolute atomic E-state index is 0.0471. The Kier molecular flexibility index (Phi) is 2.86. The lowest BCUT2D eigenvalue weighted by atomic mass is 10.1. The van der Waals surface area contributed by atoms with Crippen LogP contribution in [0.15, 0.2) is 29.2 Å². The second-order valence-electron chi connectivity index (χ2n) is 3.98. The van der Waals surface area contributed by atoms with E-state index in [-0.39, 0.29) is 4.90 Å². The maximum Gasteiger partial charge on any atom is 0.266 e. The first-order chi connectivity index (χ1) is 8.35. The van der Waals surface area contributed by atoms with E-state index in [1.807, 2.05) is 0 Å². The second kappa shape index (κ2) is 4.09. The molecule has 0 bridgehead atoms. The van der Waals surface area contributed by atoms with Gasteiger partial charge in [0.25, 0.3) is 15.9 Å². The minimum Gasteiger partial charge on any atom is -0.341 e. The zero-order valence-electron chi connectivity index (χ0n) is 9.88. The van der Waals surface area contributed by atoms with Crippen molar-refractivity contribution in [1.82, 2.24) is 9.62 Å². The van der Waals surface area contributed by atoms with Crippen molar-refractivity contribution < 1.29 is 18.0 Å². The van der Waals surface area contributed by atoms with Crippen molar-refractivity contribution in [2.24, 2.45) is 0 Å². The Morgan fingerprint density at radius 1 is 1.33 bits per heavy atom. The molecule has 1 heterocycles. The summed E-state index contributed by atoms with van der Waals surface area (Å²) in [7, 11) is -2.62. The molecule has 0 aromatic heterocycles. The molecule has 1 atom stereocenters. The summed E-state index contributed by atoms with van der Waals surface area (Å²) in [5, 5.41) is 2.46. The van der Waals surface area contributed by atoms with E-state index < -0.39 is 27.9 Å². The van der Waals surface area contributed by atoms with Gasteiger partial charge in [0, 0.05) is 19.5 Å². The summed E-state index contributed by atoms with van der Waals surface area (Å²) in [6.07, 6.45) is 0. The van der Waals surface area contributed by atoms with Crippen molar-refractivity contribution in [2.75, 3.05) is 7.05 Å². The molecule has 1 aromatic rings. The van der Waals surface area contributed by atoms with E-state index in [1.54, 1.807) is 12.1 Å². The average molecular weight is 268 g/mol. The smallest absolute Gasteiger partial charge is 0.266 e. The van der Waals surface area contributed by atoms with Gasteiger partial charge in [0.1, 0.15) is 6.04 Å². The Hall–Kier alpha value is -1.89. The number of amides is 2. The predicted molar refractivity (Wildman–Crippen MR) is 63.0 cm³/mol. The number of carbonyl (C=O) groups is 2. The third kappa shape index (κ3) is 1.76. The van der Waals surface area contributed by atoms with Gasteiger partial charge in [-0.15, -0.1) is 0 Å². The summed E-state index contributed by atoms with van der Waals surface area (Å²) in [5.74, 6) is -1.06. The molecule has 0 saturated heterocycles. The average Bonchev–Trinajstić information content (AvgIpc) is 2.32. The van der Waals surface area contributed by atoms with E-state index in [0.717, 1.165) is 0 Å². The van der Waals surface area contributed by atoms with Crippen LogP contribution in [-0.4, -0.2) is 31.6 Å². The van der Waals surface area contributed by atoms with E-state index in [0.29, 0.717) is 9.87 Å². The summed E-state index contributed by atoms with van der Waals surface area (Å²) in [5.41, 5.74) is 0.302. The Morgan fingerprint density at radius 3 is 2.56 bits per heavy atom. The summed E-state index contributed by atoms with van der Waals surface area (Å²) in [6.45, 7) is 1.28. The molecule has 0 fully saturated rings. The van der Waals surface area contributed by atoms with Crippen LogP contribution >= 0.6 is 0 Å². The van der Waals surface area contributed by atoms with Crippen LogP contribution in [-0.2, 0) is 19.6 Å². The highest BCUT2D eigenvalue weighted by Crippen LogP contribution is 2.31. The molecule has 18 heavy (non-hydrogen) atoms. The molecule has 1 N–H and O–H groups in total. The lowest BCUT2D eigenvalue weighted by molar-refractivity contribution is -0.132. The fourth-order valence-corrected chi connectivity index (χ4v) is 3.25. The van der Waals surface area contributed by atoms with Gasteiger partial charge in [0.15, 0.2) is 0 Å². The summed E-state index contributed by atoms with van der Waals surface area (Å²) >= 11 is 0. The van der Waals surface area contributed by atoms with E-state index >= 15 is 0 Å². The van der Waals surface area contributed by atoms with Crippen molar-refractivity contribution in [3.63, 3.8) is 0 Å². The van der Waals surface area contributed by atoms with Crippen molar-refractivity contribution in [3.05, 3.63) is 29.8 Å². The van der Waals surface area contributed by atoms with Gasteiger partial charge < -0.3 is 5.32 Å². The van der Waals surface area contributed by atoms with Gasteiger partial charge in [-0.25, -0.2) is 12.7 Å². The molecule has 0 saturated carbocycles. The van der Waals surface area contributed by atoms with Crippen molar-refractivity contribution in [3.8, 4) is 0 Å². The highest BCUT2D eigenvalue weighted by atomic mass is 32.2. The maximum absolute atomic E-state index is 12.0. The van der Waals surface area contributed by atoms with Crippen LogP contribution in [0.3, 0.4) is 0 Å². The van der Waals surface area contributed by atoms with Gasteiger partial charge in [-0.2, -0.15) is 0 Å². The van der Waals surface area contributed by atoms with E-state index in [4.69, 9.17) is 0 Å². The molecule has 7 heteroatoms. The Morgan fingerprint density at radius 2 is 1.94 bits per heavy atom. The van der Waals surface area contributed by atoms with Gasteiger partial charge in [-0.1, -0.05) is 18.2 Å². The number of likely N-dealkylation sites (N-methyl/N-ethyl adjacent to an activating group) is 1. The Labute approximate surface area is 105 Å². The number of fused-ring (bicyclic) bond motifs is 1. The number of sulfonamides is 1. The van der Waals surface area contributed by atoms with E-state index in [1.165, 1.54) is 26.1 Å². The van der Waals surface area contributed by atoms with E-state index in [2.05, 4.69) is 5.32 Å². The largest absolute Gasteiger partial charge is 0.341 e. The second-order valence-corrected chi connectivity index (χ2v) is 5.92. The summed E-state index contributed by atoms with van der Waals surface area (Å²) in [4.78, 5) is 23.1.